The molecule has 0 saturated carbocycles. The van der Waals surface area contributed by atoms with Crippen LogP contribution in [0.25, 0.3) is 0 Å². The minimum absolute atomic E-state index is 0.00972. The molecular weight excluding hydrogens is 250 g/mol. The van der Waals surface area contributed by atoms with Crippen molar-refractivity contribution in [1.82, 2.24) is 15.5 Å². The molecule has 2 saturated heterocycles. The van der Waals surface area contributed by atoms with Gasteiger partial charge in [0.2, 0.25) is 11.8 Å². The first-order valence-electron chi connectivity index (χ1n) is 6.60. The van der Waals surface area contributed by atoms with E-state index in [-0.39, 0.29) is 23.9 Å². The van der Waals surface area contributed by atoms with Crippen LogP contribution in [0.1, 0.15) is 26.2 Å². The third-order valence-electron chi connectivity index (χ3n) is 3.45. The molecule has 0 spiro atoms. The number of hydrogen-bond acceptors (Lipinski definition) is 4. The Hall–Kier alpha value is -0.750. The minimum atomic E-state index is -0.274. The van der Waals surface area contributed by atoms with Crippen LogP contribution in [0.5, 0.6) is 0 Å². The van der Waals surface area contributed by atoms with Gasteiger partial charge in [-0.2, -0.15) is 0 Å². The molecule has 0 aliphatic carbocycles. The Morgan fingerprint density at radius 1 is 1.50 bits per heavy atom. The predicted molar refractivity (Wildman–Crippen MR) is 72.3 cm³/mol. The Morgan fingerprint density at radius 2 is 2.33 bits per heavy atom. The van der Waals surface area contributed by atoms with Crippen LogP contribution in [0.3, 0.4) is 0 Å². The molecule has 2 amide bonds. The van der Waals surface area contributed by atoms with Crippen LogP contribution in [-0.2, 0) is 9.59 Å². The summed E-state index contributed by atoms with van der Waals surface area (Å²) in [5, 5.41) is 6.34. The highest BCUT2D eigenvalue weighted by atomic mass is 32.2. The first kappa shape index (κ1) is 13.7. The van der Waals surface area contributed by atoms with Gasteiger partial charge in [-0.25, -0.2) is 0 Å². The number of rotatable bonds is 3. The fraction of sp³-hybridized carbons (Fsp3) is 0.833. The van der Waals surface area contributed by atoms with Gasteiger partial charge in [0.25, 0.3) is 0 Å². The van der Waals surface area contributed by atoms with E-state index in [2.05, 4.69) is 10.6 Å². The highest BCUT2D eigenvalue weighted by Gasteiger charge is 2.34. The third-order valence-corrected chi connectivity index (χ3v) is 4.46. The zero-order valence-electron chi connectivity index (χ0n) is 10.8. The number of nitrogens with one attached hydrogen (secondary N) is 2. The summed E-state index contributed by atoms with van der Waals surface area (Å²) in [6.07, 6.45) is 2.59. The van der Waals surface area contributed by atoms with Gasteiger partial charge in [0, 0.05) is 24.8 Å². The fourth-order valence-electron chi connectivity index (χ4n) is 2.38. The van der Waals surface area contributed by atoms with E-state index in [4.69, 9.17) is 0 Å². The lowest BCUT2D eigenvalue weighted by atomic mass is 10.1. The van der Waals surface area contributed by atoms with Crippen LogP contribution in [0.2, 0.25) is 0 Å². The van der Waals surface area contributed by atoms with Gasteiger partial charge in [0.15, 0.2) is 0 Å². The van der Waals surface area contributed by atoms with E-state index >= 15 is 0 Å². The molecule has 6 heteroatoms. The highest BCUT2D eigenvalue weighted by molar-refractivity contribution is 7.99. The second-order valence-electron chi connectivity index (χ2n) is 4.78. The van der Waals surface area contributed by atoms with E-state index in [0.29, 0.717) is 12.3 Å². The monoisotopic (exact) mass is 271 g/mol. The smallest absolute Gasteiger partial charge is 0.243 e. The van der Waals surface area contributed by atoms with Gasteiger partial charge in [-0.3, -0.25) is 9.59 Å². The standard InChI is InChI=1S/C12H21N3O2S/c1-2-11(16)15-8-18-7-10(15)12(17)14-9-4-3-5-13-6-9/h9-10,13H,2-8H2,1H3,(H,14,17). The fourth-order valence-corrected chi connectivity index (χ4v) is 3.56. The van der Waals surface area contributed by atoms with Crippen LogP contribution in [0, 0.1) is 0 Å². The third kappa shape index (κ3) is 3.17. The van der Waals surface area contributed by atoms with Crippen molar-refractivity contribution in [3.05, 3.63) is 0 Å². The molecule has 2 N–H and O–H groups in total. The Labute approximate surface area is 112 Å². The Balaban J connectivity index is 1.89. The first-order chi connectivity index (χ1) is 8.72. The lowest BCUT2D eigenvalue weighted by Gasteiger charge is -2.28. The normalized spacial score (nSPS) is 28.2. The molecule has 102 valence electrons. The number of amides is 2. The van der Waals surface area contributed by atoms with E-state index in [1.165, 1.54) is 0 Å². The van der Waals surface area contributed by atoms with Gasteiger partial charge in [-0.1, -0.05) is 6.92 Å². The largest absolute Gasteiger partial charge is 0.350 e. The number of nitrogens with zero attached hydrogens (tertiary/aromatic N) is 1. The average molecular weight is 271 g/mol. The average Bonchev–Trinajstić information content (AvgIpc) is 2.88. The lowest BCUT2D eigenvalue weighted by molar-refractivity contribution is -0.138. The highest BCUT2D eigenvalue weighted by Crippen LogP contribution is 2.22. The molecule has 0 radical (unpaired) electrons. The summed E-state index contributed by atoms with van der Waals surface area (Å²) in [6, 6.07) is -0.0557. The van der Waals surface area contributed by atoms with Crippen molar-refractivity contribution < 1.29 is 9.59 Å². The van der Waals surface area contributed by atoms with Crippen LogP contribution < -0.4 is 10.6 Å². The molecule has 2 aliphatic rings. The quantitative estimate of drug-likeness (QED) is 0.768. The molecule has 0 bridgehead atoms. The summed E-state index contributed by atoms with van der Waals surface area (Å²) in [5.41, 5.74) is 0. The lowest BCUT2D eigenvalue weighted by Crippen LogP contribution is -2.53. The number of carbonyl (C=O) groups excluding carboxylic acids is 2. The molecule has 0 aromatic carbocycles. The van der Waals surface area contributed by atoms with Crippen LogP contribution in [0.15, 0.2) is 0 Å². The maximum absolute atomic E-state index is 12.2. The summed E-state index contributed by atoms with van der Waals surface area (Å²) >= 11 is 1.65. The molecule has 2 unspecified atom stereocenters. The second kappa shape index (κ2) is 6.43. The van der Waals surface area contributed by atoms with Crippen LogP contribution in [0.4, 0.5) is 0 Å². The zero-order chi connectivity index (χ0) is 13.0. The number of piperidine rings is 1. The molecule has 18 heavy (non-hydrogen) atoms. The maximum Gasteiger partial charge on any atom is 0.243 e. The Kier molecular flexibility index (Phi) is 4.88. The molecule has 2 fully saturated rings. The molecule has 2 aliphatic heterocycles. The van der Waals surface area contributed by atoms with Crippen molar-refractivity contribution in [2.24, 2.45) is 0 Å². The number of carbonyl (C=O) groups is 2. The van der Waals surface area contributed by atoms with Crippen molar-refractivity contribution in [3.63, 3.8) is 0 Å². The van der Waals surface area contributed by atoms with Crippen molar-refractivity contribution >= 4 is 23.6 Å². The van der Waals surface area contributed by atoms with Gasteiger partial charge in [-0.15, -0.1) is 11.8 Å². The van der Waals surface area contributed by atoms with E-state index in [0.717, 1.165) is 31.7 Å². The molecule has 2 rings (SSSR count). The zero-order valence-corrected chi connectivity index (χ0v) is 11.6. The van der Waals surface area contributed by atoms with Crippen molar-refractivity contribution in [2.45, 2.75) is 38.3 Å². The summed E-state index contributed by atoms with van der Waals surface area (Å²) in [6.45, 7) is 3.71. The van der Waals surface area contributed by atoms with Crippen LogP contribution >= 0.6 is 11.8 Å². The van der Waals surface area contributed by atoms with Gasteiger partial charge < -0.3 is 15.5 Å². The second-order valence-corrected chi connectivity index (χ2v) is 5.78. The van der Waals surface area contributed by atoms with Crippen LogP contribution in [-0.4, -0.2) is 53.5 Å². The minimum Gasteiger partial charge on any atom is -0.350 e. The molecule has 2 atom stereocenters. The van der Waals surface area contributed by atoms with Gasteiger partial charge in [0.1, 0.15) is 6.04 Å². The van der Waals surface area contributed by atoms with Crippen molar-refractivity contribution in [3.8, 4) is 0 Å². The predicted octanol–water partition coefficient (Wildman–Crippen LogP) is 0.166. The van der Waals surface area contributed by atoms with E-state index in [1.807, 2.05) is 6.92 Å². The van der Waals surface area contributed by atoms with E-state index in [1.54, 1.807) is 16.7 Å². The summed E-state index contributed by atoms with van der Waals surface area (Å²) in [4.78, 5) is 25.6. The molecule has 0 aromatic rings. The topological polar surface area (TPSA) is 61.4 Å². The van der Waals surface area contributed by atoms with Gasteiger partial charge in [0.05, 0.1) is 5.88 Å². The molecule has 0 aromatic heterocycles. The van der Waals surface area contributed by atoms with Crippen molar-refractivity contribution in [1.29, 1.82) is 0 Å². The molecule has 5 nitrogen and oxygen atoms in total. The number of hydrogen-bond donors (Lipinski definition) is 2. The summed E-state index contributed by atoms with van der Waals surface area (Å²) in [7, 11) is 0. The maximum atomic E-state index is 12.2. The summed E-state index contributed by atoms with van der Waals surface area (Å²) in [5.74, 6) is 1.45. The number of thioether (sulfide) groups is 1. The Bertz CT molecular complexity index is 318. The van der Waals surface area contributed by atoms with Crippen molar-refractivity contribution in [2.75, 3.05) is 24.7 Å². The SMILES string of the molecule is CCC(=O)N1CSCC1C(=O)NC1CCCNC1. The van der Waals surface area contributed by atoms with E-state index in [9.17, 15) is 9.59 Å². The molecular formula is C12H21N3O2S. The van der Waals surface area contributed by atoms with E-state index < -0.39 is 0 Å². The Morgan fingerprint density at radius 3 is 3.00 bits per heavy atom. The molecule has 2 heterocycles. The first-order valence-corrected chi connectivity index (χ1v) is 7.76. The summed E-state index contributed by atoms with van der Waals surface area (Å²) < 4.78 is 0. The van der Waals surface area contributed by atoms with Gasteiger partial charge in [-0.05, 0) is 19.4 Å². The van der Waals surface area contributed by atoms with Gasteiger partial charge >= 0.3 is 0 Å².